The molecular weight excluding hydrogens is 317 g/mol. The Morgan fingerprint density at radius 3 is 2.74 bits per heavy atom. The van der Waals surface area contributed by atoms with E-state index in [9.17, 15) is 9.18 Å². The molecule has 2 aromatic carbocycles. The van der Waals surface area contributed by atoms with Gasteiger partial charge in [-0.2, -0.15) is 5.10 Å². The van der Waals surface area contributed by atoms with Gasteiger partial charge in [0.2, 0.25) is 5.91 Å². The van der Waals surface area contributed by atoms with E-state index in [1.807, 2.05) is 18.2 Å². The quantitative estimate of drug-likeness (QED) is 0.692. The molecule has 3 rings (SSSR count). The predicted molar refractivity (Wildman–Crippen MR) is 88.5 cm³/mol. The number of carbonyl (C=O) groups excluding carboxylic acids is 1. The molecule has 1 aliphatic heterocycles. The minimum atomic E-state index is -0.525. The lowest BCUT2D eigenvalue weighted by atomic mass is 10.2. The Bertz CT molecular complexity index is 778. The lowest BCUT2D eigenvalue weighted by Gasteiger charge is -2.07. The number of ether oxygens (including phenoxy) is 1. The molecule has 1 N–H and O–H groups in total. The number of hydrogen-bond acceptors (Lipinski definition) is 5. The number of hydrogen-bond donors (Lipinski definition) is 1. The molecule has 0 spiro atoms. The highest BCUT2D eigenvalue weighted by Gasteiger charge is 2.16. The van der Waals surface area contributed by atoms with Crippen molar-refractivity contribution in [1.29, 1.82) is 0 Å². The number of nitrogens with one attached hydrogen (secondary N) is 1. The second kappa shape index (κ2) is 7.06. The van der Waals surface area contributed by atoms with E-state index in [-0.39, 0.29) is 17.2 Å². The Balaban J connectivity index is 1.76. The molecule has 7 heteroatoms. The van der Waals surface area contributed by atoms with Crippen LogP contribution in [0.3, 0.4) is 0 Å². The zero-order valence-electron chi connectivity index (χ0n) is 11.9. The van der Waals surface area contributed by atoms with Gasteiger partial charge in [0.15, 0.2) is 16.7 Å². The van der Waals surface area contributed by atoms with Crippen molar-refractivity contribution in [1.82, 2.24) is 5.32 Å². The molecule has 0 atom stereocenters. The van der Waals surface area contributed by atoms with Gasteiger partial charge in [0.05, 0.1) is 12.0 Å². The summed E-state index contributed by atoms with van der Waals surface area (Å²) in [5.74, 6) is 0.335. The van der Waals surface area contributed by atoms with E-state index >= 15 is 0 Å². The number of carbonyl (C=O) groups is 1. The summed E-state index contributed by atoms with van der Waals surface area (Å²) in [5.41, 5.74) is 0.247. The van der Waals surface area contributed by atoms with Crippen molar-refractivity contribution in [3.63, 3.8) is 0 Å². The van der Waals surface area contributed by atoms with E-state index in [0.29, 0.717) is 16.7 Å². The highest BCUT2D eigenvalue weighted by atomic mass is 32.2. The van der Waals surface area contributed by atoms with Gasteiger partial charge in [0.1, 0.15) is 5.75 Å². The fraction of sp³-hybridized carbons (Fsp3) is 0.0625. The van der Waals surface area contributed by atoms with Gasteiger partial charge in [-0.05, 0) is 18.2 Å². The largest absolute Gasteiger partial charge is 0.454 e. The fourth-order valence-corrected chi connectivity index (χ4v) is 2.48. The average Bonchev–Trinajstić information content (AvgIpc) is 2.97. The van der Waals surface area contributed by atoms with Crippen LogP contribution in [-0.2, 0) is 4.79 Å². The third-order valence-electron chi connectivity index (χ3n) is 2.90. The lowest BCUT2D eigenvalue weighted by molar-refractivity contribution is -0.116. The summed E-state index contributed by atoms with van der Waals surface area (Å²) in [6.07, 6.45) is 1.28. The first-order chi connectivity index (χ1) is 11.2. The molecule has 0 unspecified atom stereocenters. The van der Waals surface area contributed by atoms with E-state index in [4.69, 9.17) is 4.74 Å². The van der Waals surface area contributed by atoms with Crippen molar-refractivity contribution in [2.24, 2.45) is 10.2 Å². The van der Waals surface area contributed by atoms with Crippen LogP contribution in [0, 0.1) is 5.82 Å². The highest BCUT2D eigenvalue weighted by molar-refractivity contribution is 8.15. The summed E-state index contributed by atoms with van der Waals surface area (Å²) in [5, 5.41) is 10.6. The van der Waals surface area contributed by atoms with Crippen LogP contribution < -0.4 is 10.1 Å². The van der Waals surface area contributed by atoms with Gasteiger partial charge in [0.25, 0.3) is 0 Å². The number of para-hydroxylation sites is 1. The van der Waals surface area contributed by atoms with Crippen LogP contribution in [0.1, 0.15) is 5.56 Å². The summed E-state index contributed by atoms with van der Waals surface area (Å²) < 4.78 is 19.9. The Morgan fingerprint density at radius 1 is 1.17 bits per heavy atom. The maximum atomic E-state index is 14.4. The van der Waals surface area contributed by atoms with Crippen LogP contribution in [0.25, 0.3) is 0 Å². The number of nitrogens with zero attached hydrogens (tertiary/aromatic N) is 2. The van der Waals surface area contributed by atoms with Crippen molar-refractivity contribution >= 4 is 29.1 Å². The van der Waals surface area contributed by atoms with E-state index in [1.165, 1.54) is 18.0 Å². The van der Waals surface area contributed by atoms with Gasteiger partial charge in [-0.15, -0.1) is 5.10 Å². The van der Waals surface area contributed by atoms with Gasteiger partial charge in [-0.1, -0.05) is 42.1 Å². The fourth-order valence-electron chi connectivity index (χ4n) is 1.84. The van der Waals surface area contributed by atoms with Crippen molar-refractivity contribution in [2.75, 3.05) is 5.75 Å². The maximum absolute atomic E-state index is 14.4. The number of thioether (sulfide) groups is 1. The Labute approximate surface area is 136 Å². The number of halogens is 1. The Morgan fingerprint density at radius 2 is 2.00 bits per heavy atom. The summed E-state index contributed by atoms with van der Waals surface area (Å²) in [7, 11) is 0. The summed E-state index contributed by atoms with van der Waals surface area (Å²) in [6, 6.07) is 13.7. The summed E-state index contributed by atoms with van der Waals surface area (Å²) in [4.78, 5) is 11.0. The minimum Gasteiger partial charge on any atom is -0.454 e. The van der Waals surface area contributed by atoms with Gasteiger partial charge in [-0.3, -0.25) is 4.79 Å². The zero-order valence-corrected chi connectivity index (χ0v) is 12.7. The molecule has 0 bridgehead atoms. The summed E-state index contributed by atoms with van der Waals surface area (Å²) >= 11 is 1.25. The second-order valence-electron chi connectivity index (χ2n) is 4.56. The normalized spacial score (nSPS) is 16.0. The van der Waals surface area contributed by atoms with E-state index in [2.05, 4.69) is 15.5 Å². The molecule has 0 saturated carbocycles. The van der Waals surface area contributed by atoms with Crippen LogP contribution >= 0.6 is 11.8 Å². The zero-order chi connectivity index (χ0) is 16.1. The minimum absolute atomic E-state index is 0.108. The predicted octanol–water partition coefficient (Wildman–Crippen LogP) is 3.17. The van der Waals surface area contributed by atoms with Gasteiger partial charge < -0.3 is 10.1 Å². The van der Waals surface area contributed by atoms with Crippen LogP contribution in [0.15, 0.2) is 58.7 Å². The van der Waals surface area contributed by atoms with Crippen LogP contribution in [-0.4, -0.2) is 23.0 Å². The molecule has 116 valence electrons. The molecule has 2 aromatic rings. The van der Waals surface area contributed by atoms with Gasteiger partial charge in [0, 0.05) is 5.56 Å². The van der Waals surface area contributed by atoms with Crippen molar-refractivity contribution in [3.8, 4) is 11.5 Å². The third kappa shape index (κ3) is 3.95. The number of amidine groups is 1. The first-order valence-electron chi connectivity index (χ1n) is 6.77. The van der Waals surface area contributed by atoms with Gasteiger partial charge >= 0.3 is 0 Å². The number of benzene rings is 2. The van der Waals surface area contributed by atoms with Crippen molar-refractivity contribution < 1.29 is 13.9 Å². The number of amides is 1. The number of rotatable bonds is 4. The monoisotopic (exact) mass is 329 g/mol. The molecule has 0 aliphatic carbocycles. The van der Waals surface area contributed by atoms with Crippen molar-refractivity contribution in [2.45, 2.75) is 0 Å². The van der Waals surface area contributed by atoms with Crippen LogP contribution in [0.2, 0.25) is 0 Å². The first-order valence-corrected chi connectivity index (χ1v) is 7.76. The standard InChI is InChI=1S/C16H12FN3O2S/c17-15-11(9-18-20-16-19-14(21)10-23-16)5-4-8-13(15)22-12-6-2-1-3-7-12/h1-9H,10H2,(H,19,20,21). The molecular formula is C16H12FN3O2S. The van der Waals surface area contributed by atoms with Crippen LogP contribution in [0.4, 0.5) is 4.39 Å². The van der Waals surface area contributed by atoms with E-state index in [0.717, 1.165) is 0 Å². The third-order valence-corrected chi connectivity index (χ3v) is 3.76. The lowest BCUT2D eigenvalue weighted by Crippen LogP contribution is -2.19. The average molecular weight is 329 g/mol. The smallest absolute Gasteiger partial charge is 0.236 e. The first kappa shape index (κ1) is 15.2. The second-order valence-corrected chi connectivity index (χ2v) is 5.53. The Hall–Kier alpha value is -2.67. The molecule has 0 aromatic heterocycles. The SMILES string of the molecule is O=C1CSC(=NN=Cc2cccc(Oc3ccccc3)c2F)N1. The molecule has 1 heterocycles. The van der Waals surface area contributed by atoms with Crippen LogP contribution in [0.5, 0.6) is 11.5 Å². The molecule has 23 heavy (non-hydrogen) atoms. The maximum Gasteiger partial charge on any atom is 0.236 e. The molecule has 1 aliphatic rings. The Kier molecular flexibility index (Phi) is 4.68. The summed E-state index contributed by atoms with van der Waals surface area (Å²) in [6.45, 7) is 0. The highest BCUT2D eigenvalue weighted by Crippen LogP contribution is 2.25. The molecule has 5 nitrogen and oxygen atoms in total. The van der Waals surface area contributed by atoms with E-state index < -0.39 is 5.82 Å². The van der Waals surface area contributed by atoms with E-state index in [1.54, 1.807) is 30.3 Å². The molecule has 0 radical (unpaired) electrons. The topological polar surface area (TPSA) is 63.0 Å². The van der Waals surface area contributed by atoms with Gasteiger partial charge in [-0.25, -0.2) is 4.39 Å². The molecule has 1 saturated heterocycles. The molecule has 1 amide bonds. The van der Waals surface area contributed by atoms with Crippen molar-refractivity contribution in [3.05, 3.63) is 59.9 Å². The molecule has 1 fully saturated rings.